The van der Waals surface area contributed by atoms with E-state index in [2.05, 4.69) is 5.38 Å². The normalized spacial score (nSPS) is 3.64. The Morgan fingerprint density at radius 2 is 1.45 bits per heavy atom. The van der Waals surface area contributed by atoms with Crippen LogP contribution >= 0.6 is 48.6 Å². The predicted molar refractivity (Wildman–Crippen MR) is 57.7 cm³/mol. The molecule has 67 valence electrons. The molecule has 0 bridgehead atoms. The van der Waals surface area contributed by atoms with Crippen LogP contribution in [0.1, 0.15) is 0 Å². The van der Waals surface area contributed by atoms with Crippen molar-refractivity contribution in [3.63, 3.8) is 0 Å². The molecule has 5 heteroatoms. The maximum atomic E-state index is 2.90. The van der Waals surface area contributed by atoms with Crippen molar-refractivity contribution >= 4 is 48.6 Å². The smallest absolute Gasteiger partial charge is 0.358 e. The van der Waals surface area contributed by atoms with E-state index in [-0.39, 0.29) is 78.3 Å². The van der Waals surface area contributed by atoms with Crippen molar-refractivity contribution in [2.45, 2.75) is 0 Å². The SMILES string of the molecule is Cl.Cl.Cl.[CH3-].[CH3-].[Zr+3].[c-]1cccs1. The van der Waals surface area contributed by atoms with Crippen LogP contribution < -0.4 is 0 Å². The first-order valence-corrected chi connectivity index (χ1v) is 2.27. The Bertz CT molecular complexity index is 74.3. The van der Waals surface area contributed by atoms with Crippen molar-refractivity contribution in [3.05, 3.63) is 37.7 Å². The van der Waals surface area contributed by atoms with Gasteiger partial charge in [0.05, 0.1) is 0 Å². The maximum absolute atomic E-state index is 2.90. The Morgan fingerprint density at radius 1 is 1.00 bits per heavy atom. The third-order valence-electron chi connectivity index (χ3n) is 0.379. The fraction of sp³-hybridized carbons (Fsp3) is 0. The third-order valence-corrected chi connectivity index (χ3v) is 0.944. The first-order chi connectivity index (χ1) is 2.50. The third kappa shape index (κ3) is 24.6. The first kappa shape index (κ1) is 39.2. The molecule has 1 rings (SSSR count). The minimum absolute atomic E-state index is 0. The first-order valence-electron chi connectivity index (χ1n) is 1.40. The summed E-state index contributed by atoms with van der Waals surface area (Å²) in [6, 6.07) is 3.86. The Hall–Kier alpha value is 1.45. The van der Waals surface area contributed by atoms with E-state index in [1.165, 1.54) is 0 Å². The summed E-state index contributed by atoms with van der Waals surface area (Å²) < 4.78 is 0. The molecule has 0 unspecified atom stereocenters. The fourth-order valence-electron chi connectivity index (χ4n) is 0.196. The van der Waals surface area contributed by atoms with E-state index in [0.29, 0.717) is 0 Å². The summed E-state index contributed by atoms with van der Waals surface area (Å²) in [7, 11) is 0. The topological polar surface area (TPSA) is 0 Å². The van der Waals surface area contributed by atoms with Gasteiger partial charge in [-0.15, -0.1) is 42.6 Å². The summed E-state index contributed by atoms with van der Waals surface area (Å²) in [4.78, 5) is 0. The standard InChI is InChI=1S/C4H3S.2CH3.3ClH.Zr/c1-2-4-5-3-1;;;;;;/h1-3H;2*1H3;3*1H;/q3*-1;;;;+3. The molecule has 0 atom stereocenters. The quantitative estimate of drug-likeness (QED) is 0.641. The van der Waals surface area contributed by atoms with Gasteiger partial charge >= 0.3 is 26.2 Å². The van der Waals surface area contributed by atoms with E-state index < -0.39 is 0 Å². The molecule has 0 aliphatic rings. The van der Waals surface area contributed by atoms with Crippen LogP contribution in [0.15, 0.2) is 17.5 Å². The van der Waals surface area contributed by atoms with E-state index in [1.807, 2.05) is 17.5 Å². The molecule has 11 heavy (non-hydrogen) atoms. The molecule has 0 nitrogen and oxygen atoms in total. The summed E-state index contributed by atoms with van der Waals surface area (Å²) in [6.45, 7) is 0. The number of halogens is 3. The average molecular weight is 314 g/mol. The van der Waals surface area contributed by atoms with Crippen LogP contribution in [0.2, 0.25) is 0 Å². The zero-order valence-corrected chi connectivity index (χ0v) is 12.1. The maximum Gasteiger partial charge on any atom is 3.00 e. The number of rotatable bonds is 0. The molecule has 0 saturated heterocycles. The number of thiophene rings is 1. The van der Waals surface area contributed by atoms with Crippen LogP contribution in [-0.4, -0.2) is 0 Å². The Morgan fingerprint density at radius 3 is 1.55 bits per heavy atom. The van der Waals surface area contributed by atoms with Crippen molar-refractivity contribution in [1.29, 1.82) is 0 Å². The average Bonchev–Trinajstić information content (AvgIpc) is 1.76. The molecule has 1 aromatic rings. The molecule has 0 N–H and O–H groups in total. The minimum Gasteiger partial charge on any atom is -0.358 e. The molecule has 0 aromatic carbocycles. The summed E-state index contributed by atoms with van der Waals surface area (Å²) in [5.74, 6) is 0. The molecule has 0 aliphatic heterocycles. The second-order valence-electron chi connectivity index (χ2n) is 0.731. The second-order valence-corrected chi connectivity index (χ2v) is 1.47. The second kappa shape index (κ2) is 30.1. The van der Waals surface area contributed by atoms with Gasteiger partial charge in [0.15, 0.2) is 0 Å². The van der Waals surface area contributed by atoms with Crippen molar-refractivity contribution in [1.82, 2.24) is 0 Å². The van der Waals surface area contributed by atoms with Gasteiger partial charge in [0.25, 0.3) is 0 Å². The van der Waals surface area contributed by atoms with Crippen molar-refractivity contribution in [2.75, 3.05) is 0 Å². The van der Waals surface area contributed by atoms with Gasteiger partial charge in [-0.1, -0.05) is 0 Å². The molecular weight excluding hydrogens is 302 g/mol. The van der Waals surface area contributed by atoms with E-state index in [0.717, 1.165) is 0 Å². The summed E-state index contributed by atoms with van der Waals surface area (Å²) in [5, 5.41) is 4.89. The zero-order valence-electron chi connectivity index (χ0n) is 6.37. The Balaban J connectivity index is -0.0000000104. The fourth-order valence-corrected chi connectivity index (χ4v) is 0.589. The minimum atomic E-state index is 0. The monoisotopic (exact) mass is 311 g/mol. The summed E-state index contributed by atoms with van der Waals surface area (Å²) in [5.41, 5.74) is 0. The van der Waals surface area contributed by atoms with Crippen LogP contribution in [0.4, 0.5) is 0 Å². The van der Waals surface area contributed by atoms with Crippen LogP contribution in [0, 0.1) is 20.2 Å². The van der Waals surface area contributed by atoms with Crippen molar-refractivity contribution < 1.29 is 26.2 Å². The van der Waals surface area contributed by atoms with Gasteiger partial charge < -0.3 is 26.2 Å². The Labute approximate surface area is 112 Å². The molecule has 1 heterocycles. The molecule has 0 saturated carbocycles. The molecule has 1 aromatic heterocycles. The molecule has 0 aliphatic carbocycles. The number of hydrogen-bond acceptors (Lipinski definition) is 1. The summed E-state index contributed by atoms with van der Waals surface area (Å²) >= 11 is 1.59. The largest absolute Gasteiger partial charge is 3.00 e. The van der Waals surface area contributed by atoms with E-state index in [1.54, 1.807) is 11.3 Å². The van der Waals surface area contributed by atoms with Gasteiger partial charge in [0.1, 0.15) is 0 Å². The van der Waals surface area contributed by atoms with E-state index in [9.17, 15) is 0 Å². The molecule has 0 amide bonds. The van der Waals surface area contributed by atoms with Crippen molar-refractivity contribution in [2.24, 2.45) is 0 Å². The zero-order chi connectivity index (χ0) is 3.54. The van der Waals surface area contributed by atoms with Gasteiger partial charge in [-0.3, -0.25) is 0 Å². The van der Waals surface area contributed by atoms with Gasteiger partial charge in [0, 0.05) is 0 Å². The van der Waals surface area contributed by atoms with Gasteiger partial charge in [0.2, 0.25) is 0 Å². The molecule has 1 radical (unpaired) electrons. The van der Waals surface area contributed by atoms with Crippen LogP contribution in [-0.2, 0) is 26.2 Å². The predicted octanol–water partition coefficient (Wildman–Crippen LogP) is 3.71. The molecular formula is C6H12Cl3SZr. The Kier molecular flexibility index (Phi) is 107. The van der Waals surface area contributed by atoms with Crippen molar-refractivity contribution in [3.8, 4) is 0 Å². The van der Waals surface area contributed by atoms with E-state index in [4.69, 9.17) is 0 Å². The van der Waals surface area contributed by atoms with Gasteiger partial charge in [-0.2, -0.15) is 11.4 Å². The number of hydrogen-bond donors (Lipinski definition) is 0. The van der Waals surface area contributed by atoms with Gasteiger partial charge in [-0.25, -0.2) is 6.07 Å². The molecule has 0 fully saturated rings. The van der Waals surface area contributed by atoms with Crippen LogP contribution in [0.3, 0.4) is 0 Å². The van der Waals surface area contributed by atoms with Crippen LogP contribution in [0.5, 0.6) is 0 Å². The van der Waals surface area contributed by atoms with Gasteiger partial charge in [-0.05, 0) is 0 Å². The molecule has 0 spiro atoms. The van der Waals surface area contributed by atoms with Crippen LogP contribution in [0.25, 0.3) is 0 Å². The summed E-state index contributed by atoms with van der Waals surface area (Å²) in [6.07, 6.45) is 0. The van der Waals surface area contributed by atoms with E-state index >= 15 is 0 Å².